The molecule has 0 atom stereocenters. The predicted molar refractivity (Wildman–Crippen MR) is 225 cm³/mol. The lowest BCUT2D eigenvalue weighted by molar-refractivity contribution is 0.346. The molecule has 55 heavy (non-hydrogen) atoms. The van der Waals surface area contributed by atoms with Crippen LogP contribution < -0.4 is 0 Å². The van der Waals surface area contributed by atoms with E-state index in [4.69, 9.17) is 21.0 Å². The van der Waals surface area contributed by atoms with E-state index in [1.54, 1.807) is 8.61 Å². The van der Waals surface area contributed by atoms with Crippen molar-refractivity contribution in [2.75, 3.05) is 26.2 Å². The van der Waals surface area contributed by atoms with Gasteiger partial charge in [-0.1, -0.05) is 129 Å². The highest BCUT2D eigenvalue weighted by Crippen LogP contribution is 2.40. The fourth-order valence-electron chi connectivity index (χ4n) is 7.51. The van der Waals surface area contributed by atoms with Gasteiger partial charge in [0.25, 0.3) is 0 Å². The molecule has 0 heterocycles. The summed E-state index contributed by atoms with van der Waals surface area (Å²) >= 11 is 0. The first-order valence-corrected chi connectivity index (χ1v) is 25.0. The molecule has 0 N–H and O–H groups in total. The van der Waals surface area contributed by atoms with Crippen LogP contribution in [0.3, 0.4) is 0 Å². The number of hydrogen-bond acceptors (Lipinski definition) is 8. The Morgan fingerprint density at radius 1 is 0.364 bits per heavy atom. The van der Waals surface area contributed by atoms with Crippen LogP contribution in [0.2, 0.25) is 0 Å². The molecule has 0 saturated heterocycles. The van der Waals surface area contributed by atoms with Crippen molar-refractivity contribution in [3.63, 3.8) is 0 Å². The van der Waals surface area contributed by atoms with Crippen LogP contribution in [0.1, 0.15) is 219 Å². The van der Waals surface area contributed by atoms with E-state index in [1.165, 1.54) is 0 Å². The van der Waals surface area contributed by atoms with Crippen molar-refractivity contribution in [3.8, 4) is 24.3 Å². The first-order valence-electron chi connectivity index (χ1n) is 22.1. The normalized spacial score (nSPS) is 12.1. The molecule has 0 radical (unpaired) electrons. The fourth-order valence-corrected chi connectivity index (χ4v) is 13.5. The van der Waals surface area contributed by atoms with Gasteiger partial charge < -0.3 is 0 Å². The van der Waals surface area contributed by atoms with Crippen LogP contribution >= 0.6 is 0 Å². The summed E-state index contributed by atoms with van der Waals surface area (Å²) < 4.78 is 61.9. The fraction of sp³-hybridized carbons (Fsp3) is 0.907. The van der Waals surface area contributed by atoms with Crippen LogP contribution in [0, 0.1) is 45.3 Å². The molecular formula is C43H78N6O4S2. The highest BCUT2D eigenvalue weighted by atomic mass is 32.3. The maximum Gasteiger partial charge on any atom is 0.235 e. The average Bonchev–Trinajstić information content (AvgIpc) is 3.16. The molecule has 0 rings (SSSR count). The Labute approximate surface area is 339 Å². The Kier molecular flexibility index (Phi) is 33.6. The zero-order valence-corrected chi connectivity index (χ0v) is 36.7. The lowest BCUT2D eigenvalue weighted by Crippen LogP contribution is -2.58. The van der Waals surface area contributed by atoms with Crippen molar-refractivity contribution in [3.05, 3.63) is 0 Å². The van der Waals surface area contributed by atoms with E-state index in [-0.39, 0.29) is 12.8 Å². The van der Waals surface area contributed by atoms with Gasteiger partial charge in [-0.05, 0) is 64.2 Å². The average molecular weight is 807 g/mol. The van der Waals surface area contributed by atoms with E-state index in [1.807, 2.05) is 13.8 Å². The van der Waals surface area contributed by atoms with Gasteiger partial charge in [0, 0.05) is 51.9 Å². The standard InChI is InChI=1S/C43H78N6O4S2/c1-3-33-43(34-4-2,54(50,51)48(39-29-21-13-5-9-17-25-35-44)40-30-22-14-6-10-18-26-36-45)55(52,53)49(41-31-23-15-7-11-19-27-37-46)42-32-24-16-8-12-20-28-38-47/h3-34,39-42H2,1-2H3. The van der Waals surface area contributed by atoms with Gasteiger partial charge in [-0.2, -0.15) is 21.0 Å². The smallest absolute Gasteiger partial charge is 0.210 e. The molecule has 0 aromatic heterocycles. The predicted octanol–water partition coefficient (Wildman–Crippen LogP) is 11.6. The molecule has 0 fully saturated rings. The molecular weight excluding hydrogens is 729 g/mol. The van der Waals surface area contributed by atoms with Crippen molar-refractivity contribution in [2.45, 2.75) is 223 Å². The minimum atomic E-state index is -4.28. The molecule has 10 nitrogen and oxygen atoms in total. The van der Waals surface area contributed by atoms with Crippen molar-refractivity contribution in [1.82, 2.24) is 8.61 Å². The van der Waals surface area contributed by atoms with Crippen LogP contribution in [0.25, 0.3) is 0 Å². The monoisotopic (exact) mass is 807 g/mol. The van der Waals surface area contributed by atoms with Crippen LogP contribution in [0.15, 0.2) is 0 Å². The topological polar surface area (TPSA) is 170 Å². The number of hydrogen-bond donors (Lipinski definition) is 0. The van der Waals surface area contributed by atoms with Gasteiger partial charge in [0.05, 0.1) is 24.3 Å². The number of nitrogens with zero attached hydrogens (tertiary/aromatic N) is 6. The lowest BCUT2D eigenvalue weighted by Gasteiger charge is -2.40. The molecule has 0 aliphatic carbocycles. The Morgan fingerprint density at radius 2 is 0.564 bits per heavy atom. The lowest BCUT2D eigenvalue weighted by atomic mass is 10.1. The summed E-state index contributed by atoms with van der Waals surface area (Å²) in [7, 11) is -8.56. The number of unbranched alkanes of at least 4 members (excludes halogenated alkanes) is 24. The van der Waals surface area contributed by atoms with E-state index < -0.39 is 24.1 Å². The summed E-state index contributed by atoms with van der Waals surface area (Å²) in [6, 6.07) is 8.76. The van der Waals surface area contributed by atoms with E-state index >= 15 is 16.8 Å². The quantitative estimate of drug-likeness (QED) is 0.0551. The summed E-state index contributed by atoms with van der Waals surface area (Å²) in [6.45, 7) is 5.02. The Bertz CT molecular complexity index is 1170. The van der Waals surface area contributed by atoms with Crippen LogP contribution in [0.5, 0.6) is 0 Å². The van der Waals surface area contributed by atoms with Crippen molar-refractivity contribution < 1.29 is 16.8 Å². The molecule has 12 heteroatoms. The van der Waals surface area contributed by atoms with Gasteiger partial charge in [-0.25, -0.2) is 25.4 Å². The molecule has 0 spiro atoms. The largest absolute Gasteiger partial charge is 0.235 e. The van der Waals surface area contributed by atoms with Gasteiger partial charge in [-0.3, -0.25) is 0 Å². The van der Waals surface area contributed by atoms with E-state index in [0.29, 0.717) is 90.4 Å². The van der Waals surface area contributed by atoms with Crippen molar-refractivity contribution in [2.24, 2.45) is 0 Å². The summed E-state index contributed by atoms with van der Waals surface area (Å²) in [4.78, 5) is 0. The van der Waals surface area contributed by atoms with E-state index in [2.05, 4.69) is 24.3 Å². The minimum absolute atomic E-state index is 0.0636. The zero-order valence-electron chi connectivity index (χ0n) is 35.1. The maximum absolute atomic E-state index is 15.2. The van der Waals surface area contributed by atoms with Gasteiger partial charge in [0.2, 0.25) is 24.1 Å². The first-order chi connectivity index (χ1) is 26.7. The van der Waals surface area contributed by atoms with Gasteiger partial charge in [0.1, 0.15) is 0 Å². The van der Waals surface area contributed by atoms with E-state index in [0.717, 1.165) is 128 Å². The molecule has 0 aliphatic heterocycles. The Balaban J connectivity index is 6.32. The highest BCUT2D eigenvalue weighted by molar-refractivity contribution is 8.08. The molecule has 0 aromatic rings. The first kappa shape index (κ1) is 52.8. The Hall–Kier alpha value is -2.22. The summed E-state index contributed by atoms with van der Waals surface area (Å²) in [5, 5.41) is 35.4. The van der Waals surface area contributed by atoms with Gasteiger partial charge in [0.15, 0.2) is 0 Å². The van der Waals surface area contributed by atoms with Gasteiger partial charge in [-0.15, -0.1) is 0 Å². The van der Waals surface area contributed by atoms with E-state index in [9.17, 15) is 0 Å². The Morgan fingerprint density at radius 3 is 0.764 bits per heavy atom. The van der Waals surface area contributed by atoms with Crippen molar-refractivity contribution >= 4 is 20.0 Å². The minimum Gasteiger partial charge on any atom is -0.210 e. The van der Waals surface area contributed by atoms with Crippen molar-refractivity contribution in [1.29, 1.82) is 21.0 Å². The summed E-state index contributed by atoms with van der Waals surface area (Å²) in [6.07, 6.45) is 24.6. The van der Waals surface area contributed by atoms with Gasteiger partial charge >= 0.3 is 0 Å². The van der Waals surface area contributed by atoms with Crippen LogP contribution in [-0.2, 0) is 20.0 Å². The molecule has 0 amide bonds. The maximum atomic E-state index is 15.2. The second kappa shape index (κ2) is 35.0. The third-order valence-electron chi connectivity index (χ3n) is 10.7. The highest BCUT2D eigenvalue weighted by Gasteiger charge is 2.57. The third kappa shape index (κ3) is 22.3. The molecule has 316 valence electrons. The summed E-state index contributed by atoms with van der Waals surface area (Å²) in [5.41, 5.74) is 0. The second-order valence-corrected chi connectivity index (χ2v) is 20.1. The molecule has 0 aromatic carbocycles. The number of rotatable bonds is 40. The third-order valence-corrected chi connectivity index (χ3v) is 16.7. The molecule has 0 saturated carbocycles. The molecule has 0 unspecified atom stereocenters. The van der Waals surface area contributed by atoms with Crippen LogP contribution in [-0.4, -0.2) is 55.7 Å². The summed E-state index contributed by atoms with van der Waals surface area (Å²) in [5.74, 6) is 0. The number of nitriles is 4. The molecule has 0 aliphatic rings. The zero-order chi connectivity index (χ0) is 40.9. The second-order valence-electron chi connectivity index (χ2n) is 15.3. The van der Waals surface area contributed by atoms with Crippen LogP contribution in [0.4, 0.5) is 0 Å². The molecule has 0 bridgehead atoms. The number of sulfonamides is 2. The SMILES string of the molecule is CCCC(CCC)(S(=O)(=O)N(CCCCCCCCC#N)CCCCCCCCC#N)S(=O)(=O)N(CCCCCCCCC#N)CCCCCCCCC#N.